The molecule has 7 nitrogen and oxygen atoms in total. The van der Waals surface area contributed by atoms with Crippen LogP contribution < -0.4 is 5.32 Å². The average molecular weight is 366 g/mol. The van der Waals surface area contributed by atoms with E-state index in [1.807, 2.05) is 30.3 Å². The van der Waals surface area contributed by atoms with Crippen LogP contribution in [-0.4, -0.2) is 47.0 Å². The molecule has 7 heteroatoms. The van der Waals surface area contributed by atoms with Crippen molar-refractivity contribution in [1.29, 1.82) is 0 Å². The molecule has 0 spiro atoms. The molecule has 0 bridgehead atoms. The number of imide groups is 2. The third-order valence-corrected chi connectivity index (χ3v) is 4.74. The lowest BCUT2D eigenvalue weighted by Crippen LogP contribution is -2.64. The molecule has 1 aromatic rings. The molecule has 1 radical (unpaired) electrons. The van der Waals surface area contributed by atoms with E-state index in [0.717, 1.165) is 15.4 Å². The molecule has 1 fully saturated rings. The molecule has 2 aliphatic rings. The Bertz CT molecular complexity index is 859. The van der Waals surface area contributed by atoms with Crippen LogP contribution in [0.2, 0.25) is 0 Å². The first-order valence-corrected chi connectivity index (χ1v) is 8.52. The van der Waals surface area contributed by atoms with Gasteiger partial charge in [-0.3, -0.25) is 24.2 Å². The zero-order valence-corrected chi connectivity index (χ0v) is 15.1. The molecule has 3 rings (SSSR count). The van der Waals surface area contributed by atoms with Crippen LogP contribution in [0.5, 0.6) is 0 Å². The van der Waals surface area contributed by atoms with Gasteiger partial charge >= 0.3 is 6.03 Å². The topological polar surface area (TPSA) is 86.8 Å². The molecule has 1 N–H and O–H groups in total. The van der Waals surface area contributed by atoms with Crippen LogP contribution in [0.4, 0.5) is 4.79 Å². The minimum atomic E-state index is -1.45. The van der Waals surface area contributed by atoms with E-state index in [1.54, 1.807) is 18.4 Å². The van der Waals surface area contributed by atoms with E-state index < -0.39 is 35.6 Å². The van der Waals surface area contributed by atoms with Crippen molar-refractivity contribution in [3.05, 3.63) is 66.4 Å². The van der Waals surface area contributed by atoms with Crippen molar-refractivity contribution in [1.82, 2.24) is 15.1 Å². The largest absolute Gasteiger partial charge is 0.382 e. The monoisotopic (exact) mass is 366 g/mol. The van der Waals surface area contributed by atoms with Gasteiger partial charge in [0.15, 0.2) is 5.78 Å². The van der Waals surface area contributed by atoms with Gasteiger partial charge in [0.2, 0.25) is 11.8 Å². The second-order valence-electron chi connectivity index (χ2n) is 6.75. The Morgan fingerprint density at radius 1 is 1.11 bits per heavy atom. The van der Waals surface area contributed by atoms with Crippen molar-refractivity contribution < 1.29 is 19.2 Å². The highest BCUT2D eigenvalue weighted by atomic mass is 16.2. The fraction of sp³-hybridized carbons (Fsp3) is 0.250. The standard InChI is InChI=1S/C20H20N3O4/c1-20(11-14-7-4-3-5-8-14)17(25)22(2)19(27)23(18(20)26)13-16(24)15-9-6-10-21-12-15/h3-10,12,21H,11,13H2,1-2H3. The zero-order valence-electron chi connectivity index (χ0n) is 15.1. The van der Waals surface area contributed by atoms with Crippen LogP contribution in [-0.2, 0) is 20.8 Å². The molecule has 0 aliphatic carbocycles. The van der Waals surface area contributed by atoms with Gasteiger partial charge in [0, 0.05) is 12.6 Å². The second-order valence-corrected chi connectivity index (χ2v) is 6.75. The lowest BCUT2D eigenvalue weighted by atomic mass is 9.79. The number of allylic oxidation sites excluding steroid dienone is 2. The van der Waals surface area contributed by atoms with E-state index in [1.165, 1.54) is 20.5 Å². The molecule has 27 heavy (non-hydrogen) atoms. The number of barbiturate groups is 1. The maximum atomic E-state index is 13.1. The number of hydrogen-bond acceptors (Lipinski definition) is 5. The Hall–Kier alpha value is -3.22. The van der Waals surface area contributed by atoms with Crippen molar-refractivity contribution in [2.45, 2.75) is 13.3 Å². The molecule has 4 amide bonds. The Morgan fingerprint density at radius 2 is 1.81 bits per heavy atom. The summed E-state index contributed by atoms with van der Waals surface area (Å²) in [5.74, 6) is -1.62. The SMILES string of the molecule is CN1C(=O)N(CC(=O)C2=CC=CN[CH]2)C(=O)C(C)(Cc2ccccc2)C1=O. The molecule has 2 heterocycles. The maximum absolute atomic E-state index is 13.1. The van der Waals surface area contributed by atoms with Crippen LogP contribution in [0.25, 0.3) is 0 Å². The quantitative estimate of drug-likeness (QED) is 0.797. The summed E-state index contributed by atoms with van der Waals surface area (Å²) in [5, 5.41) is 2.79. The summed E-state index contributed by atoms with van der Waals surface area (Å²) in [6.45, 7) is 2.60. The number of Topliss-reactive ketones (excluding diaryl/α,β-unsaturated/α-hetero) is 1. The van der Waals surface area contributed by atoms with Gasteiger partial charge in [-0.1, -0.05) is 36.4 Å². The predicted octanol–water partition coefficient (Wildman–Crippen LogP) is 1.43. The first-order valence-electron chi connectivity index (χ1n) is 8.52. The highest BCUT2D eigenvalue weighted by molar-refractivity contribution is 6.20. The van der Waals surface area contributed by atoms with Crippen molar-refractivity contribution in [3.63, 3.8) is 0 Å². The Kier molecular flexibility index (Phi) is 4.94. The summed E-state index contributed by atoms with van der Waals surface area (Å²) < 4.78 is 0. The van der Waals surface area contributed by atoms with Crippen LogP contribution >= 0.6 is 0 Å². The minimum Gasteiger partial charge on any atom is -0.382 e. The van der Waals surface area contributed by atoms with Crippen LogP contribution in [0.15, 0.2) is 54.3 Å². The van der Waals surface area contributed by atoms with Crippen LogP contribution in [0.3, 0.4) is 0 Å². The summed E-state index contributed by atoms with van der Waals surface area (Å²) in [6, 6.07) is 8.32. The number of rotatable bonds is 5. The molecule has 1 unspecified atom stereocenters. The fourth-order valence-corrected chi connectivity index (χ4v) is 3.21. The fourth-order valence-electron chi connectivity index (χ4n) is 3.21. The van der Waals surface area contributed by atoms with Crippen molar-refractivity contribution in [3.8, 4) is 0 Å². The Balaban J connectivity index is 1.88. The average Bonchev–Trinajstić information content (AvgIpc) is 2.70. The van der Waals surface area contributed by atoms with Crippen LogP contribution in [0, 0.1) is 12.0 Å². The van der Waals surface area contributed by atoms with E-state index in [0.29, 0.717) is 5.57 Å². The molecule has 139 valence electrons. The third kappa shape index (κ3) is 3.40. The summed E-state index contributed by atoms with van der Waals surface area (Å²) in [7, 11) is 1.33. The van der Waals surface area contributed by atoms with Gasteiger partial charge in [0.05, 0.1) is 13.1 Å². The van der Waals surface area contributed by atoms with Crippen molar-refractivity contribution in [2.24, 2.45) is 5.41 Å². The van der Waals surface area contributed by atoms with Gasteiger partial charge in [0.25, 0.3) is 0 Å². The summed E-state index contributed by atoms with van der Waals surface area (Å²) in [5.41, 5.74) is -0.302. The zero-order chi connectivity index (χ0) is 19.6. The Labute approximate surface area is 157 Å². The number of dihydropyridines is 1. The van der Waals surface area contributed by atoms with E-state index in [2.05, 4.69) is 5.32 Å². The minimum absolute atomic E-state index is 0.146. The van der Waals surface area contributed by atoms with E-state index >= 15 is 0 Å². The van der Waals surface area contributed by atoms with Gasteiger partial charge in [-0.05, 0) is 31.2 Å². The second kappa shape index (κ2) is 7.19. The van der Waals surface area contributed by atoms with E-state index in [9.17, 15) is 19.2 Å². The smallest absolute Gasteiger partial charge is 0.333 e. The number of nitrogens with one attached hydrogen (secondary N) is 1. The number of benzene rings is 1. The number of urea groups is 1. The summed E-state index contributed by atoms with van der Waals surface area (Å²) in [4.78, 5) is 52.6. The summed E-state index contributed by atoms with van der Waals surface area (Å²) in [6.07, 6.45) is 5.04. The number of carbonyl (C=O) groups excluding carboxylic acids is 4. The van der Waals surface area contributed by atoms with Gasteiger partial charge < -0.3 is 5.32 Å². The number of hydrogen-bond donors (Lipinski definition) is 1. The van der Waals surface area contributed by atoms with Crippen LogP contribution in [0.1, 0.15) is 12.5 Å². The van der Waals surface area contributed by atoms with Crippen molar-refractivity contribution in [2.75, 3.05) is 13.6 Å². The first-order chi connectivity index (χ1) is 12.8. The van der Waals surface area contributed by atoms with Gasteiger partial charge in [-0.25, -0.2) is 4.79 Å². The summed E-state index contributed by atoms with van der Waals surface area (Å²) >= 11 is 0. The van der Waals surface area contributed by atoms with E-state index in [4.69, 9.17) is 0 Å². The Morgan fingerprint density at radius 3 is 2.44 bits per heavy atom. The lowest BCUT2D eigenvalue weighted by molar-refractivity contribution is -0.157. The highest BCUT2D eigenvalue weighted by Crippen LogP contribution is 2.32. The number of amides is 4. The molecule has 1 saturated heterocycles. The molecular weight excluding hydrogens is 346 g/mol. The third-order valence-electron chi connectivity index (χ3n) is 4.74. The number of nitrogens with zero attached hydrogens (tertiary/aromatic N) is 2. The number of carbonyl (C=O) groups is 4. The normalized spacial score (nSPS) is 22.6. The molecule has 1 aromatic carbocycles. The highest BCUT2D eigenvalue weighted by Gasteiger charge is 2.53. The van der Waals surface area contributed by atoms with Gasteiger partial charge in [0.1, 0.15) is 5.41 Å². The van der Waals surface area contributed by atoms with Gasteiger partial charge in [-0.15, -0.1) is 0 Å². The number of ketones is 1. The predicted molar refractivity (Wildman–Crippen MR) is 97.8 cm³/mol. The molecule has 0 aromatic heterocycles. The maximum Gasteiger partial charge on any atom is 0.333 e. The van der Waals surface area contributed by atoms with Gasteiger partial charge in [-0.2, -0.15) is 0 Å². The van der Waals surface area contributed by atoms with Crippen molar-refractivity contribution >= 4 is 23.6 Å². The lowest BCUT2D eigenvalue weighted by Gasteiger charge is -2.40. The molecular formula is C20H20N3O4. The molecule has 1 atom stereocenters. The molecule has 0 saturated carbocycles. The molecule has 2 aliphatic heterocycles. The first kappa shape index (κ1) is 18.6. The van der Waals surface area contributed by atoms with E-state index in [-0.39, 0.29) is 6.42 Å².